The molecule has 0 radical (unpaired) electrons. The van der Waals surface area contributed by atoms with Crippen molar-refractivity contribution >= 4 is 11.7 Å². The van der Waals surface area contributed by atoms with Gasteiger partial charge < -0.3 is 21.3 Å². The first-order valence-corrected chi connectivity index (χ1v) is 5.08. The van der Waals surface area contributed by atoms with E-state index in [1.54, 1.807) is 12.1 Å². The number of carboxylic acid groups (broad SMARTS) is 1. The van der Waals surface area contributed by atoms with Crippen molar-refractivity contribution in [3.05, 3.63) is 23.8 Å². The normalized spacial score (nSPS) is 12.1. The van der Waals surface area contributed by atoms with E-state index < -0.39 is 5.97 Å². The average molecular weight is 224 g/mol. The quantitative estimate of drug-likeness (QED) is 0.650. The predicted octanol–water partition coefficient (Wildman–Crippen LogP) is 1.08. The van der Waals surface area contributed by atoms with E-state index in [2.05, 4.69) is 0 Å². The number of ether oxygens (including phenoxy) is 1. The number of nitrogens with two attached hydrogens (primary N) is 2. The van der Waals surface area contributed by atoms with Gasteiger partial charge in [-0.2, -0.15) is 0 Å². The average Bonchev–Trinajstić information content (AvgIpc) is 2.25. The molecule has 0 aliphatic rings. The maximum atomic E-state index is 11.0. The molecule has 0 amide bonds. The third kappa shape index (κ3) is 2.64. The van der Waals surface area contributed by atoms with E-state index in [-0.39, 0.29) is 23.1 Å². The molecule has 0 saturated carbocycles. The van der Waals surface area contributed by atoms with Crippen molar-refractivity contribution in [2.45, 2.75) is 19.4 Å². The van der Waals surface area contributed by atoms with E-state index in [0.717, 1.165) is 0 Å². The van der Waals surface area contributed by atoms with Crippen molar-refractivity contribution in [3.63, 3.8) is 0 Å². The minimum Gasteiger partial charge on any atom is -0.488 e. The van der Waals surface area contributed by atoms with Crippen molar-refractivity contribution < 1.29 is 14.6 Å². The minimum atomic E-state index is -1.10. The lowest BCUT2D eigenvalue weighted by atomic mass is 10.1. The molecule has 1 aromatic carbocycles. The van der Waals surface area contributed by atoms with Gasteiger partial charge >= 0.3 is 5.97 Å². The number of hydrogen-bond donors (Lipinski definition) is 3. The Balaban J connectivity index is 3.03. The van der Waals surface area contributed by atoms with Crippen molar-refractivity contribution in [3.8, 4) is 5.75 Å². The van der Waals surface area contributed by atoms with E-state index in [1.165, 1.54) is 6.07 Å². The fraction of sp³-hybridized carbons (Fsp3) is 0.364. The number of carbonyl (C=O) groups is 1. The van der Waals surface area contributed by atoms with Gasteiger partial charge in [-0.15, -0.1) is 0 Å². The molecule has 0 heterocycles. The molecule has 5 N–H and O–H groups in total. The van der Waals surface area contributed by atoms with Crippen LogP contribution in [0.15, 0.2) is 18.2 Å². The van der Waals surface area contributed by atoms with E-state index in [9.17, 15) is 4.79 Å². The van der Waals surface area contributed by atoms with Crippen LogP contribution in [0.1, 0.15) is 23.7 Å². The monoisotopic (exact) mass is 224 g/mol. The summed E-state index contributed by atoms with van der Waals surface area (Å²) >= 11 is 0. The zero-order chi connectivity index (χ0) is 12.1. The summed E-state index contributed by atoms with van der Waals surface area (Å²) < 4.78 is 5.50. The van der Waals surface area contributed by atoms with Gasteiger partial charge in [0.25, 0.3) is 0 Å². The molecule has 0 spiro atoms. The smallest absolute Gasteiger partial charge is 0.341 e. The highest BCUT2D eigenvalue weighted by atomic mass is 16.5. The van der Waals surface area contributed by atoms with Crippen LogP contribution in [0.2, 0.25) is 0 Å². The summed E-state index contributed by atoms with van der Waals surface area (Å²) in [6.45, 7) is 2.26. The minimum absolute atomic E-state index is 0.00519. The molecule has 0 unspecified atom stereocenters. The molecular weight excluding hydrogens is 208 g/mol. The first-order valence-electron chi connectivity index (χ1n) is 5.08. The van der Waals surface area contributed by atoms with Gasteiger partial charge in [-0.05, 0) is 18.6 Å². The van der Waals surface area contributed by atoms with Crippen LogP contribution < -0.4 is 16.2 Å². The maximum Gasteiger partial charge on any atom is 0.341 e. The summed E-state index contributed by atoms with van der Waals surface area (Å²) in [6.07, 6.45) is 0.518. The van der Waals surface area contributed by atoms with Crippen molar-refractivity contribution in [2.24, 2.45) is 5.73 Å². The Morgan fingerprint density at radius 2 is 2.25 bits per heavy atom. The molecule has 5 nitrogen and oxygen atoms in total. The van der Waals surface area contributed by atoms with Gasteiger partial charge in [-0.1, -0.05) is 13.0 Å². The highest BCUT2D eigenvalue weighted by molar-refractivity contribution is 5.96. The van der Waals surface area contributed by atoms with Gasteiger partial charge in [-0.3, -0.25) is 0 Å². The lowest BCUT2D eigenvalue weighted by molar-refractivity contribution is 0.0690. The molecular formula is C11H16N2O3. The highest BCUT2D eigenvalue weighted by Crippen LogP contribution is 2.25. The molecule has 1 rings (SSSR count). The van der Waals surface area contributed by atoms with Crippen LogP contribution in [0.4, 0.5) is 5.69 Å². The summed E-state index contributed by atoms with van der Waals surface area (Å²) in [4.78, 5) is 11.0. The second-order valence-corrected chi connectivity index (χ2v) is 3.41. The van der Waals surface area contributed by atoms with Crippen LogP contribution in [0.5, 0.6) is 5.75 Å². The molecule has 0 fully saturated rings. The molecule has 16 heavy (non-hydrogen) atoms. The first kappa shape index (κ1) is 12.3. The molecule has 1 aromatic rings. The van der Waals surface area contributed by atoms with Gasteiger partial charge in [0.1, 0.15) is 17.4 Å². The highest BCUT2D eigenvalue weighted by Gasteiger charge is 2.17. The van der Waals surface area contributed by atoms with Crippen LogP contribution in [0, 0.1) is 0 Å². The Morgan fingerprint density at radius 3 is 2.75 bits per heavy atom. The Hall–Kier alpha value is -1.75. The number of aromatic carboxylic acids is 1. The summed E-state index contributed by atoms with van der Waals surface area (Å²) in [6, 6.07) is 4.76. The van der Waals surface area contributed by atoms with Crippen LogP contribution in [0.3, 0.4) is 0 Å². The molecule has 0 saturated heterocycles. The number of anilines is 1. The number of carboxylic acids is 1. The van der Waals surface area contributed by atoms with Crippen LogP contribution >= 0.6 is 0 Å². The van der Waals surface area contributed by atoms with Gasteiger partial charge in [0.05, 0.1) is 0 Å². The zero-order valence-corrected chi connectivity index (χ0v) is 9.14. The lowest BCUT2D eigenvalue weighted by Crippen LogP contribution is -2.26. The van der Waals surface area contributed by atoms with Gasteiger partial charge in [0.15, 0.2) is 0 Å². The molecule has 0 aliphatic heterocycles. The van der Waals surface area contributed by atoms with Gasteiger partial charge in [0.2, 0.25) is 0 Å². The van der Waals surface area contributed by atoms with Crippen molar-refractivity contribution in [1.29, 1.82) is 0 Å². The molecule has 0 aromatic heterocycles. The van der Waals surface area contributed by atoms with E-state index in [4.69, 9.17) is 21.3 Å². The fourth-order valence-corrected chi connectivity index (χ4v) is 1.35. The summed E-state index contributed by atoms with van der Waals surface area (Å²) in [5, 5.41) is 9.01. The largest absolute Gasteiger partial charge is 0.488 e. The van der Waals surface area contributed by atoms with Crippen LogP contribution in [-0.2, 0) is 0 Å². The van der Waals surface area contributed by atoms with Crippen LogP contribution in [0.25, 0.3) is 0 Å². The number of rotatable bonds is 5. The van der Waals surface area contributed by atoms with Crippen molar-refractivity contribution in [1.82, 2.24) is 0 Å². The Kier molecular flexibility index (Phi) is 4.13. The maximum absolute atomic E-state index is 11.0. The van der Waals surface area contributed by atoms with Gasteiger partial charge in [0, 0.05) is 12.2 Å². The van der Waals surface area contributed by atoms with Crippen LogP contribution in [-0.4, -0.2) is 23.7 Å². The topological polar surface area (TPSA) is 98.6 Å². The molecule has 1 atom stereocenters. The predicted molar refractivity (Wildman–Crippen MR) is 61.6 cm³/mol. The molecule has 0 bridgehead atoms. The zero-order valence-electron chi connectivity index (χ0n) is 9.14. The second kappa shape index (κ2) is 5.37. The van der Waals surface area contributed by atoms with E-state index >= 15 is 0 Å². The number of benzene rings is 1. The number of hydrogen-bond acceptors (Lipinski definition) is 4. The third-order valence-electron chi connectivity index (χ3n) is 2.28. The molecule has 88 valence electrons. The first-order chi connectivity index (χ1) is 7.60. The Labute approximate surface area is 94.0 Å². The third-order valence-corrected chi connectivity index (χ3v) is 2.28. The molecule has 0 aliphatic carbocycles. The second-order valence-electron chi connectivity index (χ2n) is 3.41. The summed E-state index contributed by atoms with van der Waals surface area (Å²) in [5.41, 5.74) is 11.3. The lowest BCUT2D eigenvalue weighted by Gasteiger charge is -2.17. The van der Waals surface area contributed by atoms with E-state index in [0.29, 0.717) is 13.0 Å². The Bertz CT molecular complexity index is 375. The Morgan fingerprint density at radius 1 is 1.56 bits per heavy atom. The fourth-order valence-electron chi connectivity index (χ4n) is 1.35. The number of nitrogen functional groups attached to an aromatic ring is 1. The SMILES string of the molecule is CC[C@H](CN)Oc1cccc(N)c1C(=O)O. The van der Waals surface area contributed by atoms with Gasteiger partial charge in [-0.25, -0.2) is 4.79 Å². The summed E-state index contributed by atoms with van der Waals surface area (Å²) in [7, 11) is 0. The molecule has 5 heteroatoms. The summed E-state index contributed by atoms with van der Waals surface area (Å²) in [5.74, 6) is -0.829. The standard InChI is InChI=1S/C11H16N2O3/c1-2-7(6-12)16-9-5-3-4-8(13)10(9)11(14)15/h3-5,7H,2,6,12-13H2,1H3,(H,14,15)/t7-/m1/s1. The van der Waals surface area contributed by atoms with Crippen molar-refractivity contribution in [2.75, 3.05) is 12.3 Å². The van der Waals surface area contributed by atoms with E-state index in [1.807, 2.05) is 6.92 Å².